The first-order valence-electron chi connectivity index (χ1n) is 7.36. The molecule has 0 aromatic heterocycles. The molecule has 3 nitrogen and oxygen atoms in total. The van der Waals surface area contributed by atoms with E-state index in [-0.39, 0.29) is 0 Å². The van der Waals surface area contributed by atoms with Crippen LogP contribution in [0.15, 0.2) is 24.3 Å². The van der Waals surface area contributed by atoms with Crippen molar-refractivity contribution in [2.75, 3.05) is 5.73 Å². The van der Waals surface area contributed by atoms with Crippen LogP contribution in [0.3, 0.4) is 0 Å². The predicted molar refractivity (Wildman–Crippen MR) is 76.4 cm³/mol. The molecule has 1 amide bonds. The number of rotatable bonds is 5. The van der Waals surface area contributed by atoms with Crippen molar-refractivity contribution in [3.63, 3.8) is 0 Å². The molecule has 3 heteroatoms. The lowest BCUT2D eigenvalue weighted by Crippen LogP contribution is -2.34. The summed E-state index contributed by atoms with van der Waals surface area (Å²) in [6, 6.07) is 8.38. The van der Waals surface area contributed by atoms with Gasteiger partial charge in [0, 0.05) is 24.7 Å². The van der Waals surface area contributed by atoms with E-state index >= 15 is 0 Å². The predicted octanol–water partition coefficient (Wildman–Crippen LogP) is 2.95. The van der Waals surface area contributed by atoms with Crippen LogP contribution in [0.1, 0.15) is 44.1 Å². The Kier molecular flexibility index (Phi) is 3.45. The lowest BCUT2D eigenvalue weighted by molar-refractivity contribution is -0.134. The van der Waals surface area contributed by atoms with Gasteiger partial charge in [-0.15, -0.1) is 0 Å². The van der Waals surface area contributed by atoms with Crippen molar-refractivity contribution < 1.29 is 4.79 Å². The molecule has 0 radical (unpaired) electrons. The number of nitrogens with zero attached hydrogens (tertiary/aromatic N) is 1. The van der Waals surface area contributed by atoms with Gasteiger partial charge in [0.15, 0.2) is 0 Å². The normalized spacial score (nSPS) is 18.9. The zero-order valence-corrected chi connectivity index (χ0v) is 11.3. The minimum atomic E-state index is 0.351. The van der Waals surface area contributed by atoms with Crippen LogP contribution >= 0.6 is 0 Å². The van der Waals surface area contributed by atoms with Crippen LogP contribution in [0.4, 0.5) is 5.69 Å². The summed E-state index contributed by atoms with van der Waals surface area (Å²) in [5.41, 5.74) is 7.66. The largest absolute Gasteiger partial charge is 0.399 e. The van der Waals surface area contributed by atoms with E-state index in [0.717, 1.165) is 18.7 Å². The summed E-state index contributed by atoms with van der Waals surface area (Å²) in [6.07, 6.45) is 6.89. The Morgan fingerprint density at radius 2 is 1.84 bits per heavy atom. The van der Waals surface area contributed by atoms with Crippen LogP contribution in [-0.2, 0) is 11.3 Å². The quantitative estimate of drug-likeness (QED) is 0.825. The molecule has 19 heavy (non-hydrogen) atoms. The molecular formula is C16H22N2O. The molecule has 2 aliphatic rings. The number of nitrogen functional groups attached to an aromatic ring is 1. The van der Waals surface area contributed by atoms with Crippen molar-refractivity contribution in [1.82, 2.24) is 4.90 Å². The molecule has 2 N–H and O–H groups in total. The second-order valence-electron chi connectivity index (χ2n) is 6.00. The highest BCUT2D eigenvalue weighted by Gasteiger charge is 2.34. The van der Waals surface area contributed by atoms with Gasteiger partial charge in [0.2, 0.25) is 5.91 Å². The zero-order chi connectivity index (χ0) is 13.2. The molecule has 3 rings (SSSR count). The monoisotopic (exact) mass is 258 g/mol. The number of nitrogens with two attached hydrogens (primary N) is 1. The molecular weight excluding hydrogens is 236 g/mol. The minimum absolute atomic E-state index is 0.351. The van der Waals surface area contributed by atoms with E-state index in [1.54, 1.807) is 0 Å². The first-order valence-corrected chi connectivity index (χ1v) is 7.36. The Morgan fingerprint density at radius 3 is 2.37 bits per heavy atom. The second-order valence-corrected chi connectivity index (χ2v) is 6.00. The first-order chi connectivity index (χ1) is 9.22. The molecule has 1 aromatic carbocycles. The van der Waals surface area contributed by atoms with Gasteiger partial charge in [-0.2, -0.15) is 0 Å². The van der Waals surface area contributed by atoms with Crippen LogP contribution < -0.4 is 5.73 Å². The summed E-state index contributed by atoms with van der Waals surface area (Å²) in [5, 5.41) is 0. The molecule has 0 aliphatic heterocycles. The molecule has 0 spiro atoms. The second kappa shape index (κ2) is 5.24. The van der Waals surface area contributed by atoms with Gasteiger partial charge in [0.1, 0.15) is 0 Å². The molecule has 0 unspecified atom stereocenters. The van der Waals surface area contributed by atoms with Crippen molar-refractivity contribution in [2.45, 2.75) is 51.1 Å². The van der Waals surface area contributed by atoms with E-state index in [9.17, 15) is 4.79 Å². The average molecular weight is 258 g/mol. The standard InChI is InChI=1S/C16H22N2O/c17-14-6-4-13(5-7-14)11-18(15-8-9-15)16(19)10-12-2-1-3-12/h4-7,12,15H,1-3,8-11,17H2. The Morgan fingerprint density at radius 1 is 1.16 bits per heavy atom. The molecule has 2 fully saturated rings. The fourth-order valence-electron chi connectivity index (χ4n) is 2.69. The minimum Gasteiger partial charge on any atom is -0.399 e. The molecule has 2 saturated carbocycles. The molecule has 0 heterocycles. The molecule has 2 aliphatic carbocycles. The van der Waals surface area contributed by atoms with Crippen LogP contribution in [0, 0.1) is 5.92 Å². The van der Waals surface area contributed by atoms with Gasteiger partial charge in [-0.25, -0.2) is 0 Å². The molecule has 0 bridgehead atoms. The molecule has 102 valence electrons. The van der Waals surface area contributed by atoms with Crippen molar-refractivity contribution >= 4 is 11.6 Å². The maximum absolute atomic E-state index is 12.4. The Balaban J connectivity index is 1.63. The molecule has 0 saturated heterocycles. The van der Waals surface area contributed by atoms with Gasteiger partial charge in [0.05, 0.1) is 0 Å². The highest BCUT2D eigenvalue weighted by molar-refractivity contribution is 5.77. The highest BCUT2D eigenvalue weighted by atomic mass is 16.2. The number of anilines is 1. The van der Waals surface area contributed by atoms with Crippen molar-refractivity contribution in [1.29, 1.82) is 0 Å². The Labute approximate surface area is 114 Å². The van der Waals surface area contributed by atoms with Gasteiger partial charge >= 0.3 is 0 Å². The van der Waals surface area contributed by atoms with E-state index in [0.29, 0.717) is 17.9 Å². The number of carbonyl (C=O) groups is 1. The third-order valence-corrected chi connectivity index (χ3v) is 4.33. The average Bonchev–Trinajstić information content (AvgIpc) is 3.17. The van der Waals surface area contributed by atoms with Crippen LogP contribution in [0.5, 0.6) is 0 Å². The molecule has 1 aromatic rings. The van der Waals surface area contributed by atoms with Crippen molar-refractivity contribution in [2.24, 2.45) is 5.92 Å². The van der Waals surface area contributed by atoms with Crippen LogP contribution in [0.2, 0.25) is 0 Å². The van der Waals surface area contributed by atoms with Gasteiger partial charge < -0.3 is 10.6 Å². The first kappa shape index (κ1) is 12.5. The van der Waals surface area contributed by atoms with Crippen molar-refractivity contribution in [3.8, 4) is 0 Å². The fourth-order valence-corrected chi connectivity index (χ4v) is 2.69. The zero-order valence-electron chi connectivity index (χ0n) is 11.3. The maximum Gasteiger partial charge on any atom is 0.223 e. The Hall–Kier alpha value is -1.51. The van der Waals surface area contributed by atoms with Crippen molar-refractivity contribution in [3.05, 3.63) is 29.8 Å². The van der Waals surface area contributed by atoms with E-state index in [1.807, 2.05) is 24.3 Å². The lowest BCUT2D eigenvalue weighted by Gasteiger charge is -2.29. The van der Waals surface area contributed by atoms with E-state index < -0.39 is 0 Å². The van der Waals surface area contributed by atoms with E-state index in [2.05, 4.69) is 4.90 Å². The summed E-state index contributed by atoms with van der Waals surface area (Å²) in [6.45, 7) is 0.747. The number of amides is 1. The van der Waals surface area contributed by atoms with E-state index in [1.165, 1.54) is 37.7 Å². The summed E-state index contributed by atoms with van der Waals surface area (Å²) < 4.78 is 0. The van der Waals surface area contributed by atoms with Gasteiger partial charge in [-0.1, -0.05) is 18.6 Å². The summed E-state index contributed by atoms with van der Waals surface area (Å²) in [5.74, 6) is 1.00. The van der Waals surface area contributed by atoms with Gasteiger partial charge in [-0.3, -0.25) is 4.79 Å². The Bertz CT molecular complexity index is 446. The third kappa shape index (κ3) is 3.09. The maximum atomic E-state index is 12.4. The third-order valence-electron chi connectivity index (χ3n) is 4.33. The van der Waals surface area contributed by atoms with Crippen LogP contribution in [0.25, 0.3) is 0 Å². The lowest BCUT2D eigenvalue weighted by atomic mass is 9.82. The topological polar surface area (TPSA) is 46.3 Å². The number of hydrogen-bond acceptors (Lipinski definition) is 2. The number of hydrogen-bond donors (Lipinski definition) is 1. The SMILES string of the molecule is Nc1ccc(CN(C(=O)CC2CCC2)C2CC2)cc1. The summed E-state index contributed by atoms with van der Waals surface area (Å²) in [4.78, 5) is 14.5. The summed E-state index contributed by atoms with van der Waals surface area (Å²) in [7, 11) is 0. The summed E-state index contributed by atoms with van der Waals surface area (Å²) >= 11 is 0. The van der Waals surface area contributed by atoms with Crippen LogP contribution in [-0.4, -0.2) is 16.8 Å². The van der Waals surface area contributed by atoms with Gasteiger partial charge in [0.25, 0.3) is 0 Å². The number of carbonyl (C=O) groups excluding carboxylic acids is 1. The van der Waals surface area contributed by atoms with Gasteiger partial charge in [-0.05, 0) is 49.3 Å². The fraction of sp³-hybridized carbons (Fsp3) is 0.562. The smallest absolute Gasteiger partial charge is 0.223 e. The number of benzene rings is 1. The highest BCUT2D eigenvalue weighted by Crippen LogP contribution is 2.33. The van der Waals surface area contributed by atoms with E-state index in [4.69, 9.17) is 5.73 Å². The molecule has 0 atom stereocenters.